The molecule has 0 amide bonds. The first-order chi connectivity index (χ1) is 6.00. The maximum absolute atomic E-state index is 9.44. The highest BCUT2D eigenvalue weighted by molar-refractivity contribution is 5.36. The Bertz CT molecular complexity index is 266. The molecule has 1 rings (SSSR count). The van der Waals surface area contributed by atoms with E-state index in [0.29, 0.717) is 11.7 Å². The van der Waals surface area contributed by atoms with Gasteiger partial charge in [0.1, 0.15) is 5.75 Å². The summed E-state index contributed by atoms with van der Waals surface area (Å²) in [4.78, 5) is 0. The number of rotatable bonds is 2. The first-order valence-electron chi connectivity index (χ1n) is 4.60. The van der Waals surface area contributed by atoms with Crippen LogP contribution >= 0.6 is 0 Å². The molecule has 0 aromatic heterocycles. The zero-order valence-corrected chi connectivity index (χ0v) is 8.41. The van der Waals surface area contributed by atoms with Crippen molar-refractivity contribution in [1.29, 1.82) is 0 Å². The van der Waals surface area contributed by atoms with Crippen LogP contribution in [0.3, 0.4) is 0 Å². The molecule has 2 heteroatoms. The first kappa shape index (κ1) is 10.1. The van der Waals surface area contributed by atoms with E-state index in [-0.39, 0.29) is 6.04 Å². The van der Waals surface area contributed by atoms with Crippen molar-refractivity contribution in [2.45, 2.75) is 32.7 Å². The second kappa shape index (κ2) is 3.79. The Balaban J connectivity index is 3.11. The third-order valence-electron chi connectivity index (χ3n) is 2.15. The van der Waals surface area contributed by atoms with Crippen molar-refractivity contribution in [2.75, 3.05) is 0 Å². The Labute approximate surface area is 79.4 Å². The van der Waals surface area contributed by atoms with Crippen molar-refractivity contribution in [2.24, 2.45) is 5.73 Å². The Morgan fingerprint density at radius 1 is 1.08 bits per heavy atom. The van der Waals surface area contributed by atoms with E-state index < -0.39 is 0 Å². The number of hydrogen-bond acceptors (Lipinski definition) is 2. The van der Waals surface area contributed by atoms with Gasteiger partial charge in [-0.15, -0.1) is 0 Å². The summed E-state index contributed by atoms with van der Waals surface area (Å²) in [6.07, 6.45) is 0. The topological polar surface area (TPSA) is 46.2 Å². The summed E-state index contributed by atoms with van der Waals surface area (Å²) < 4.78 is 0. The molecule has 1 atom stereocenters. The van der Waals surface area contributed by atoms with E-state index in [1.807, 2.05) is 6.92 Å². The van der Waals surface area contributed by atoms with Gasteiger partial charge in [-0.2, -0.15) is 0 Å². The first-order valence-corrected chi connectivity index (χ1v) is 4.60. The summed E-state index contributed by atoms with van der Waals surface area (Å²) in [6, 6.07) is 5.53. The van der Waals surface area contributed by atoms with Crippen molar-refractivity contribution in [3.63, 3.8) is 0 Å². The molecule has 1 unspecified atom stereocenters. The van der Waals surface area contributed by atoms with Gasteiger partial charge in [0, 0.05) is 6.04 Å². The Morgan fingerprint density at radius 3 is 2.08 bits per heavy atom. The second-order valence-electron chi connectivity index (χ2n) is 3.80. The van der Waals surface area contributed by atoms with Gasteiger partial charge in [0.25, 0.3) is 0 Å². The van der Waals surface area contributed by atoms with Crippen molar-refractivity contribution in [3.8, 4) is 5.75 Å². The molecule has 0 bridgehead atoms. The number of nitrogens with two attached hydrogens (primary N) is 1. The quantitative estimate of drug-likeness (QED) is 0.732. The minimum atomic E-state index is -0.0235. The standard InChI is InChI=1S/C11H17NO/c1-7(2)9-4-10(8(3)12)6-11(13)5-9/h4-8,13H,12H2,1-3H3. The van der Waals surface area contributed by atoms with Crippen LogP contribution in [0.25, 0.3) is 0 Å². The second-order valence-corrected chi connectivity index (χ2v) is 3.80. The molecule has 0 heterocycles. The molecule has 0 radical (unpaired) electrons. The fourth-order valence-electron chi connectivity index (χ4n) is 1.26. The Morgan fingerprint density at radius 2 is 1.62 bits per heavy atom. The molecule has 0 aliphatic rings. The highest BCUT2D eigenvalue weighted by Crippen LogP contribution is 2.24. The van der Waals surface area contributed by atoms with E-state index in [0.717, 1.165) is 11.1 Å². The molecule has 0 spiro atoms. The lowest BCUT2D eigenvalue weighted by molar-refractivity contribution is 0.472. The fraction of sp³-hybridized carbons (Fsp3) is 0.455. The molecule has 3 N–H and O–H groups in total. The summed E-state index contributed by atoms with van der Waals surface area (Å²) in [6.45, 7) is 6.11. The molecule has 0 aliphatic heterocycles. The monoisotopic (exact) mass is 179 g/mol. The van der Waals surface area contributed by atoms with Gasteiger partial charge in [0.05, 0.1) is 0 Å². The van der Waals surface area contributed by atoms with Crippen LogP contribution in [0.4, 0.5) is 0 Å². The maximum atomic E-state index is 9.44. The smallest absolute Gasteiger partial charge is 0.116 e. The number of aromatic hydroxyl groups is 1. The predicted octanol–water partition coefficient (Wildman–Crippen LogP) is 2.54. The molecule has 0 fully saturated rings. The van der Waals surface area contributed by atoms with Gasteiger partial charge in [-0.1, -0.05) is 19.9 Å². The highest BCUT2D eigenvalue weighted by Gasteiger charge is 2.06. The molecule has 0 saturated carbocycles. The van der Waals surface area contributed by atoms with E-state index in [9.17, 15) is 5.11 Å². The van der Waals surface area contributed by atoms with Gasteiger partial charge in [0.15, 0.2) is 0 Å². The lowest BCUT2D eigenvalue weighted by Gasteiger charge is -2.11. The van der Waals surface area contributed by atoms with Crippen LogP contribution in [0.5, 0.6) is 5.75 Å². The van der Waals surface area contributed by atoms with E-state index in [2.05, 4.69) is 19.9 Å². The molecular formula is C11H17NO. The average Bonchev–Trinajstić information content (AvgIpc) is 2.03. The summed E-state index contributed by atoms with van der Waals surface area (Å²) in [5, 5.41) is 9.44. The predicted molar refractivity (Wildman–Crippen MR) is 54.8 cm³/mol. The van der Waals surface area contributed by atoms with Crippen molar-refractivity contribution in [3.05, 3.63) is 29.3 Å². The highest BCUT2D eigenvalue weighted by atomic mass is 16.3. The lowest BCUT2D eigenvalue weighted by atomic mass is 9.98. The van der Waals surface area contributed by atoms with Crippen LogP contribution in [-0.4, -0.2) is 5.11 Å². The largest absolute Gasteiger partial charge is 0.508 e. The molecule has 2 nitrogen and oxygen atoms in total. The maximum Gasteiger partial charge on any atom is 0.116 e. The number of phenols is 1. The molecule has 72 valence electrons. The van der Waals surface area contributed by atoms with Crippen LogP contribution in [-0.2, 0) is 0 Å². The normalized spacial score (nSPS) is 13.3. The SMILES string of the molecule is CC(C)c1cc(O)cc(C(C)N)c1. The van der Waals surface area contributed by atoms with Gasteiger partial charge < -0.3 is 10.8 Å². The minimum Gasteiger partial charge on any atom is -0.508 e. The van der Waals surface area contributed by atoms with Gasteiger partial charge >= 0.3 is 0 Å². The molecule has 13 heavy (non-hydrogen) atoms. The summed E-state index contributed by atoms with van der Waals surface area (Å²) in [5.74, 6) is 0.725. The third kappa shape index (κ3) is 2.46. The third-order valence-corrected chi connectivity index (χ3v) is 2.15. The van der Waals surface area contributed by atoms with Crippen LogP contribution in [0.1, 0.15) is 43.9 Å². The van der Waals surface area contributed by atoms with Crippen LogP contribution in [0.2, 0.25) is 0 Å². The molecule has 0 aliphatic carbocycles. The van der Waals surface area contributed by atoms with Crippen LogP contribution < -0.4 is 5.73 Å². The summed E-state index contributed by atoms with van der Waals surface area (Å²) in [7, 11) is 0. The zero-order valence-electron chi connectivity index (χ0n) is 8.41. The van der Waals surface area contributed by atoms with E-state index in [1.54, 1.807) is 12.1 Å². The lowest BCUT2D eigenvalue weighted by Crippen LogP contribution is -2.05. The summed E-state index contributed by atoms with van der Waals surface area (Å²) in [5.41, 5.74) is 7.86. The van der Waals surface area contributed by atoms with E-state index in [4.69, 9.17) is 5.73 Å². The average molecular weight is 179 g/mol. The zero-order chi connectivity index (χ0) is 10.0. The number of phenolic OH excluding ortho intramolecular Hbond substituents is 1. The number of benzene rings is 1. The number of hydrogen-bond donors (Lipinski definition) is 2. The molecular weight excluding hydrogens is 162 g/mol. The van der Waals surface area contributed by atoms with Crippen LogP contribution in [0, 0.1) is 0 Å². The van der Waals surface area contributed by atoms with Gasteiger partial charge in [0.2, 0.25) is 0 Å². The van der Waals surface area contributed by atoms with Crippen LogP contribution in [0.15, 0.2) is 18.2 Å². The van der Waals surface area contributed by atoms with Gasteiger partial charge in [-0.05, 0) is 36.1 Å². The van der Waals surface area contributed by atoms with E-state index in [1.165, 1.54) is 0 Å². The Hall–Kier alpha value is -1.02. The molecule has 0 saturated heterocycles. The van der Waals surface area contributed by atoms with Gasteiger partial charge in [-0.3, -0.25) is 0 Å². The van der Waals surface area contributed by atoms with Crippen molar-refractivity contribution >= 4 is 0 Å². The fourth-order valence-corrected chi connectivity index (χ4v) is 1.26. The summed E-state index contributed by atoms with van der Waals surface area (Å²) >= 11 is 0. The Kier molecular flexibility index (Phi) is 2.94. The van der Waals surface area contributed by atoms with Crippen molar-refractivity contribution in [1.82, 2.24) is 0 Å². The van der Waals surface area contributed by atoms with E-state index >= 15 is 0 Å². The minimum absolute atomic E-state index is 0.0235. The molecule has 1 aromatic rings. The van der Waals surface area contributed by atoms with Gasteiger partial charge in [-0.25, -0.2) is 0 Å². The molecule has 1 aromatic carbocycles. The van der Waals surface area contributed by atoms with Crippen molar-refractivity contribution < 1.29 is 5.11 Å².